The van der Waals surface area contributed by atoms with Crippen LogP contribution < -0.4 is 10.1 Å². The number of rotatable bonds is 3. The topological polar surface area (TPSA) is 26.6 Å². The summed E-state index contributed by atoms with van der Waals surface area (Å²) in [6.07, 6.45) is -3.70. The maximum absolute atomic E-state index is 12.3. The van der Waals surface area contributed by atoms with Gasteiger partial charge in [-0.1, -0.05) is 18.2 Å². The van der Waals surface area contributed by atoms with Gasteiger partial charge >= 0.3 is 6.36 Å². The van der Waals surface area contributed by atoms with Gasteiger partial charge < -0.3 is 4.74 Å². The van der Waals surface area contributed by atoms with Crippen LogP contribution in [0.5, 0.6) is 5.75 Å². The van der Waals surface area contributed by atoms with Crippen LogP contribution >= 0.6 is 0 Å². The second kappa shape index (κ2) is 6.25. The smallest absolute Gasteiger partial charge is 0.405 e. The van der Waals surface area contributed by atoms with Gasteiger partial charge in [-0.2, -0.15) is 0 Å². The van der Waals surface area contributed by atoms with Gasteiger partial charge in [0.2, 0.25) is 0 Å². The molecule has 3 nitrogen and oxygen atoms in total. The van der Waals surface area contributed by atoms with E-state index < -0.39 is 6.36 Å². The van der Waals surface area contributed by atoms with Crippen LogP contribution in [-0.4, -0.2) is 37.4 Å². The summed E-state index contributed by atoms with van der Waals surface area (Å²) < 4.78 is 41.0. The van der Waals surface area contributed by atoms with Crippen LogP contribution in [-0.2, 0) is 6.54 Å². The second-order valence-electron chi connectivity index (χ2n) is 4.46. The Kier molecular flexibility index (Phi) is 4.66. The third kappa shape index (κ3) is 4.72. The Morgan fingerprint density at radius 3 is 2.74 bits per heavy atom. The van der Waals surface area contributed by atoms with Gasteiger partial charge in [-0.3, -0.25) is 4.90 Å². The highest BCUT2D eigenvalue weighted by atomic mass is 19.4. The number of hydrogen-bond donors (Lipinski definition) is 0. The van der Waals surface area contributed by atoms with E-state index in [2.05, 4.69) is 15.0 Å². The van der Waals surface area contributed by atoms with Gasteiger partial charge in [-0.15, -0.1) is 13.2 Å². The van der Waals surface area contributed by atoms with E-state index in [1.165, 1.54) is 6.07 Å². The summed E-state index contributed by atoms with van der Waals surface area (Å²) in [5.41, 5.74) is 0.557. The molecule has 0 N–H and O–H groups in total. The molecule has 2 rings (SSSR count). The van der Waals surface area contributed by atoms with E-state index in [0.717, 1.165) is 32.6 Å². The first-order chi connectivity index (χ1) is 9.04. The molecule has 1 aromatic carbocycles. The lowest BCUT2D eigenvalue weighted by molar-refractivity contribution is -0.275. The number of ether oxygens (including phenoxy) is 1. The van der Waals surface area contributed by atoms with Gasteiger partial charge in [0.05, 0.1) is 0 Å². The van der Waals surface area contributed by atoms with Crippen molar-refractivity contribution in [1.29, 1.82) is 0 Å². The van der Waals surface area contributed by atoms with Gasteiger partial charge in [-0.25, -0.2) is 5.32 Å². The minimum absolute atomic E-state index is 0.115. The highest BCUT2D eigenvalue weighted by molar-refractivity contribution is 5.33. The van der Waals surface area contributed by atoms with E-state index >= 15 is 0 Å². The highest BCUT2D eigenvalue weighted by Crippen LogP contribution is 2.27. The third-order valence-electron chi connectivity index (χ3n) is 2.96. The monoisotopic (exact) mass is 273 g/mol. The van der Waals surface area contributed by atoms with Crippen molar-refractivity contribution in [3.8, 4) is 5.75 Å². The molecular formula is C13H16F3N2O. The third-order valence-corrected chi connectivity index (χ3v) is 2.96. The molecule has 0 spiro atoms. The fourth-order valence-electron chi connectivity index (χ4n) is 2.10. The Balaban J connectivity index is 2.06. The van der Waals surface area contributed by atoms with E-state index in [0.29, 0.717) is 12.1 Å². The average molecular weight is 273 g/mol. The Labute approximate surface area is 110 Å². The van der Waals surface area contributed by atoms with Gasteiger partial charge in [0.1, 0.15) is 5.75 Å². The molecule has 1 fully saturated rings. The summed E-state index contributed by atoms with van der Waals surface area (Å²) in [4.78, 5) is 2.11. The van der Waals surface area contributed by atoms with E-state index in [4.69, 9.17) is 0 Å². The molecule has 6 heteroatoms. The van der Waals surface area contributed by atoms with Crippen molar-refractivity contribution in [3.63, 3.8) is 0 Å². The zero-order valence-corrected chi connectivity index (χ0v) is 10.5. The van der Waals surface area contributed by atoms with E-state index in [-0.39, 0.29) is 5.75 Å². The highest BCUT2D eigenvalue weighted by Gasteiger charge is 2.32. The fourth-order valence-corrected chi connectivity index (χ4v) is 2.10. The average Bonchev–Trinajstić information content (AvgIpc) is 2.58. The summed E-state index contributed by atoms with van der Waals surface area (Å²) in [5.74, 6) is -0.115. The first-order valence-electron chi connectivity index (χ1n) is 6.24. The molecule has 0 atom stereocenters. The zero-order valence-electron chi connectivity index (χ0n) is 10.5. The Hall–Kier alpha value is -1.27. The molecule has 1 saturated heterocycles. The molecule has 0 aromatic heterocycles. The largest absolute Gasteiger partial charge is 0.573 e. The minimum Gasteiger partial charge on any atom is -0.405 e. The number of benzene rings is 1. The molecule has 1 radical (unpaired) electrons. The SMILES string of the molecule is FC(F)(F)Oc1ccccc1CN1CCC[N]CC1. The predicted octanol–water partition coefficient (Wildman–Crippen LogP) is 2.40. The molecule has 1 aromatic rings. The lowest BCUT2D eigenvalue weighted by Gasteiger charge is -2.21. The Morgan fingerprint density at radius 1 is 1.16 bits per heavy atom. The molecule has 0 saturated carbocycles. The second-order valence-corrected chi connectivity index (χ2v) is 4.46. The Morgan fingerprint density at radius 2 is 1.95 bits per heavy atom. The van der Waals surface area contributed by atoms with Gasteiger partial charge in [0.15, 0.2) is 0 Å². The number of nitrogens with zero attached hydrogens (tertiary/aromatic N) is 2. The molecule has 0 unspecified atom stereocenters. The summed E-state index contributed by atoms with van der Waals surface area (Å²) in [6, 6.07) is 6.29. The molecule has 1 heterocycles. The number of para-hydroxylation sites is 1. The van der Waals surface area contributed by atoms with Crippen LogP contribution in [0.25, 0.3) is 0 Å². The number of halogens is 3. The van der Waals surface area contributed by atoms with Gasteiger partial charge in [0.25, 0.3) is 0 Å². The molecule has 1 aliphatic heterocycles. The van der Waals surface area contributed by atoms with Crippen molar-refractivity contribution in [1.82, 2.24) is 10.2 Å². The van der Waals surface area contributed by atoms with Crippen LogP contribution in [0.3, 0.4) is 0 Å². The van der Waals surface area contributed by atoms with Gasteiger partial charge in [-0.05, 0) is 19.0 Å². The van der Waals surface area contributed by atoms with E-state index in [9.17, 15) is 13.2 Å². The van der Waals surface area contributed by atoms with Crippen LogP contribution in [0.15, 0.2) is 24.3 Å². The van der Waals surface area contributed by atoms with E-state index in [1.54, 1.807) is 18.2 Å². The van der Waals surface area contributed by atoms with Crippen LogP contribution in [0.2, 0.25) is 0 Å². The van der Waals surface area contributed by atoms with Crippen molar-refractivity contribution in [2.24, 2.45) is 0 Å². The summed E-state index contributed by atoms with van der Waals surface area (Å²) in [6.45, 7) is 3.66. The summed E-state index contributed by atoms with van der Waals surface area (Å²) in [7, 11) is 0. The van der Waals surface area contributed by atoms with Crippen LogP contribution in [0, 0.1) is 0 Å². The maximum Gasteiger partial charge on any atom is 0.573 e. The van der Waals surface area contributed by atoms with Crippen molar-refractivity contribution in [2.75, 3.05) is 26.2 Å². The standard InChI is InChI=1S/C13H16F3N2O/c14-13(15,16)19-12-5-2-1-4-11(12)10-18-8-3-6-17-7-9-18/h1-2,4-5H,3,6-10H2. The van der Waals surface area contributed by atoms with Crippen molar-refractivity contribution in [3.05, 3.63) is 29.8 Å². The molecule has 0 amide bonds. The number of alkyl halides is 3. The molecule has 0 bridgehead atoms. The summed E-state index contributed by atoms with van der Waals surface area (Å²) >= 11 is 0. The molecule has 19 heavy (non-hydrogen) atoms. The molecule has 0 aliphatic carbocycles. The lowest BCUT2D eigenvalue weighted by atomic mass is 10.2. The zero-order chi connectivity index (χ0) is 13.7. The molecule has 105 valence electrons. The van der Waals surface area contributed by atoms with Crippen molar-refractivity contribution < 1.29 is 17.9 Å². The fraction of sp³-hybridized carbons (Fsp3) is 0.538. The minimum atomic E-state index is -4.65. The predicted molar refractivity (Wildman–Crippen MR) is 64.9 cm³/mol. The maximum atomic E-state index is 12.3. The number of hydrogen-bond acceptors (Lipinski definition) is 2. The normalized spacial score (nSPS) is 18.1. The van der Waals surface area contributed by atoms with Crippen molar-refractivity contribution >= 4 is 0 Å². The van der Waals surface area contributed by atoms with Crippen LogP contribution in [0.1, 0.15) is 12.0 Å². The first kappa shape index (κ1) is 14.1. The quantitative estimate of drug-likeness (QED) is 0.845. The van der Waals surface area contributed by atoms with Gasteiger partial charge in [0, 0.05) is 31.7 Å². The Bertz CT molecular complexity index is 401. The first-order valence-corrected chi connectivity index (χ1v) is 6.24. The van der Waals surface area contributed by atoms with Crippen molar-refractivity contribution in [2.45, 2.75) is 19.3 Å². The molecular weight excluding hydrogens is 257 g/mol. The lowest BCUT2D eigenvalue weighted by Crippen LogP contribution is -2.27. The van der Waals surface area contributed by atoms with E-state index in [1.807, 2.05) is 0 Å². The van der Waals surface area contributed by atoms with Crippen LogP contribution in [0.4, 0.5) is 13.2 Å². The summed E-state index contributed by atoms with van der Waals surface area (Å²) in [5, 5.41) is 4.29. The molecule has 1 aliphatic rings.